The van der Waals surface area contributed by atoms with Crippen molar-refractivity contribution in [3.05, 3.63) is 71.9 Å². The minimum absolute atomic E-state index is 0.292. The number of carbonyl (C=O) groups is 1. The zero-order chi connectivity index (χ0) is 23.8. The lowest BCUT2D eigenvalue weighted by atomic mass is 10.1. The topological polar surface area (TPSA) is 79.7 Å². The van der Waals surface area contributed by atoms with E-state index in [1.54, 1.807) is 12.3 Å². The molecule has 0 aliphatic carbocycles. The Morgan fingerprint density at radius 3 is 2.62 bits per heavy atom. The largest absolute Gasteiger partial charge is 0.493 e. The first-order valence-corrected chi connectivity index (χ1v) is 11.8. The van der Waals surface area contributed by atoms with Gasteiger partial charge in [0, 0.05) is 18.7 Å². The summed E-state index contributed by atoms with van der Waals surface area (Å²) < 4.78 is 5.76. The van der Waals surface area contributed by atoms with E-state index in [9.17, 15) is 4.79 Å². The second-order valence-corrected chi connectivity index (χ2v) is 8.83. The Kier molecular flexibility index (Phi) is 7.86. The van der Waals surface area contributed by atoms with Gasteiger partial charge in [0.2, 0.25) is 5.95 Å². The van der Waals surface area contributed by atoms with Crippen LogP contribution in [-0.2, 0) is 0 Å². The average molecular weight is 458 g/mol. The number of nitrogens with zero attached hydrogens (tertiary/aromatic N) is 4. The van der Waals surface area contributed by atoms with Gasteiger partial charge in [-0.2, -0.15) is 5.10 Å². The summed E-state index contributed by atoms with van der Waals surface area (Å²) in [6.45, 7) is 6.65. The normalized spacial score (nSPS) is 13.9. The number of ether oxygens (including phenoxy) is 1. The van der Waals surface area contributed by atoms with E-state index in [1.807, 2.05) is 54.6 Å². The van der Waals surface area contributed by atoms with Crippen LogP contribution in [0.3, 0.4) is 0 Å². The van der Waals surface area contributed by atoms with E-state index in [-0.39, 0.29) is 5.91 Å². The number of anilines is 1. The zero-order valence-electron chi connectivity index (χ0n) is 19.8. The molecule has 7 heteroatoms. The van der Waals surface area contributed by atoms with Gasteiger partial charge in [-0.3, -0.25) is 4.79 Å². The Balaban J connectivity index is 1.51. The third-order valence-electron chi connectivity index (χ3n) is 5.48. The molecule has 0 atom stereocenters. The lowest BCUT2D eigenvalue weighted by Gasteiger charge is -2.27. The molecular formula is C27H31N5O2. The van der Waals surface area contributed by atoms with Gasteiger partial charge in [0.1, 0.15) is 11.4 Å². The van der Waals surface area contributed by atoms with Gasteiger partial charge in [-0.15, -0.1) is 0 Å². The molecule has 0 radical (unpaired) electrons. The predicted molar refractivity (Wildman–Crippen MR) is 135 cm³/mol. The van der Waals surface area contributed by atoms with Crippen LogP contribution >= 0.6 is 0 Å². The lowest BCUT2D eigenvalue weighted by Crippen LogP contribution is -2.32. The molecule has 0 spiro atoms. The summed E-state index contributed by atoms with van der Waals surface area (Å²) in [5.41, 5.74) is 5.40. The molecule has 0 saturated carbocycles. The van der Waals surface area contributed by atoms with Crippen LogP contribution in [0.15, 0.2) is 65.8 Å². The summed E-state index contributed by atoms with van der Waals surface area (Å²) in [6.07, 6.45) is 5.01. The highest BCUT2D eigenvalue weighted by Crippen LogP contribution is 2.23. The number of hydrogen-bond donors (Lipinski definition) is 1. The monoisotopic (exact) mass is 457 g/mol. The van der Waals surface area contributed by atoms with Gasteiger partial charge < -0.3 is 9.64 Å². The van der Waals surface area contributed by atoms with Gasteiger partial charge in [-0.25, -0.2) is 15.4 Å². The van der Waals surface area contributed by atoms with Gasteiger partial charge >= 0.3 is 0 Å². The van der Waals surface area contributed by atoms with Crippen LogP contribution in [0.4, 0.5) is 5.95 Å². The maximum absolute atomic E-state index is 12.9. The molecule has 1 aromatic heterocycles. The van der Waals surface area contributed by atoms with E-state index in [2.05, 4.69) is 34.3 Å². The van der Waals surface area contributed by atoms with E-state index in [1.165, 1.54) is 6.42 Å². The van der Waals surface area contributed by atoms with Crippen molar-refractivity contribution in [1.29, 1.82) is 0 Å². The standard InChI is InChI=1S/C27H31N5O2/c1-20(2)19-34-23-13-9-10-21(16-23)18-28-31-26(33)25-17-24(22-11-5-3-6-12-22)29-27(30-25)32-14-7-4-8-15-32/h3,5-6,9-13,16-18,20H,4,7-8,14-15,19H2,1-2H3,(H,31,33)/b28-18+. The fourth-order valence-corrected chi connectivity index (χ4v) is 3.71. The van der Waals surface area contributed by atoms with Gasteiger partial charge in [0.05, 0.1) is 18.5 Å². The molecule has 1 N–H and O–H groups in total. The van der Waals surface area contributed by atoms with Gasteiger partial charge in [0.15, 0.2) is 0 Å². The van der Waals surface area contributed by atoms with E-state index in [4.69, 9.17) is 9.72 Å². The van der Waals surface area contributed by atoms with E-state index < -0.39 is 0 Å². The van der Waals surface area contributed by atoms with Crippen molar-refractivity contribution in [1.82, 2.24) is 15.4 Å². The van der Waals surface area contributed by atoms with Crippen LogP contribution in [0.2, 0.25) is 0 Å². The Hall–Kier alpha value is -3.74. The van der Waals surface area contributed by atoms with E-state index >= 15 is 0 Å². The summed E-state index contributed by atoms with van der Waals surface area (Å²) in [5, 5.41) is 4.14. The molecule has 2 heterocycles. The number of aromatic nitrogens is 2. The van der Waals surface area contributed by atoms with Crippen LogP contribution in [-0.4, -0.2) is 41.8 Å². The number of hydrogen-bond acceptors (Lipinski definition) is 6. The third-order valence-corrected chi connectivity index (χ3v) is 5.48. The number of benzene rings is 2. The molecule has 0 unspecified atom stereocenters. The van der Waals surface area contributed by atoms with Crippen molar-refractivity contribution in [2.24, 2.45) is 11.0 Å². The summed E-state index contributed by atoms with van der Waals surface area (Å²) in [4.78, 5) is 24.4. The van der Waals surface area contributed by atoms with Crippen LogP contribution in [0.5, 0.6) is 5.75 Å². The molecule has 1 amide bonds. The van der Waals surface area contributed by atoms with Crippen LogP contribution < -0.4 is 15.1 Å². The quantitative estimate of drug-likeness (QED) is 0.383. The van der Waals surface area contributed by atoms with Crippen molar-refractivity contribution in [2.45, 2.75) is 33.1 Å². The Bertz CT molecular complexity index is 1120. The highest BCUT2D eigenvalue weighted by atomic mass is 16.5. The predicted octanol–water partition coefficient (Wildman–Crippen LogP) is 4.93. The number of hydrazone groups is 1. The molecule has 2 aromatic carbocycles. The summed E-state index contributed by atoms with van der Waals surface area (Å²) in [6, 6.07) is 19.2. The molecule has 3 aromatic rings. The molecule has 176 valence electrons. The number of carbonyl (C=O) groups excluding carboxylic acids is 1. The SMILES string of the molecule is CC(C)COc1cccc(/C=N/NC(=O)c2cc(-c3ccccc3)nc(N3CCCCC3)n2)c1. The number of piperidine rings is 1. The molecule has 34 heavy (non-hydrogen) atoms. The third kappa shape index (κ3) is 6.41. The van der Waals surface area contributed by atoms with Gasteiger partial charge in [0.25, 0.3) is 5.91 Å². The lowest BCUT2D eigenvalue weighted by molar-refractivity contribution is 0.0950. The van der Waals surface area contributed by atoms with Gasteiger partial charge in [-0.05, 0) is 48.9 Å². The minimum atomic E-state index is -0.374. The fraction of sp³-hybridized carbons (Fsp3) is 0.333. The summed E-state index contributed by atoms with van der Waals surface area (Å²) in [7, 11) is 0. The summed E-state index contributed by atoms with van der Waals surface area (Å²) >= 11 is 0. The Labute approximate surface area is 200 Å². The Morgan fingerprint density at radius 1 is 1.06 bits per heavy atom. The molecule has 1 fully saturated rings. The maximum Gasteiger partial charge on any atom is 0.290 e. The molecular weight excluding hydrogens is 426 g/mol. The number of nitrogens with one attached hydrogen (secondary N) is 1. The maximum atomic E-state index is 12.9. The van der Waals surface area contributed by atoms with Crippen molar-refractivity contribution < 1.29 is 9.53 Å². The van der Waals surface area contributed by atoms with Crippen molar-refractivity contribution >= 4 is 18.1 Å². The smallest absolute Gasteiger partial charge is 0.290 e. The first kappa shape index (κ1) is 23.4. The second-order valence-electron chi connectivity index (χ2n) is 8.83. The van der Waals surface area contributed by atoms with Crippen LogP contribution in [0, 0.1) is 5.92 Å². The van der Waals surface area contributed by atoms with Gasteiger partial charge in [-0.1, -0.05) is 56.3 Å². The molecule has 7 nitrogen and oxygen atoms in total. The van der Waals surface area contributed by atoms with Crippen molar-refractivity contribution in [3.63, 3.8) is 0 Å². The van der Waals surface area contributed by atoms with E-state index in [0.29, 0.717) is 24.2 Å². The van der Waals surface area contributed by atoms with E-state index in [0.717, 1.165) is 48.5 Å². The molecule has 1 aliphatic heterocycles. The molecule has 4 rings (SSSR count). The minimum Gasteiger partial charge on any atom is -0.493 e. The fourth-order valence-electron chi connectivity index (χ4n) is 3.71. The number of rotatable bonds is 8. The molecule has 1 saturated heterocycles. The molecule has 1 aliphatic rings. The van der Waals surface area contributed by atoms with Crippen molar-refractivity contribution in [3.8, 4) is 17.0 Å². The first-order chi connectivity index (χ1) is 16.6. The molecule has 0 bridgehead atoms. The highest BCUT2D eigenvalue weighted by molar-refractivity contribution is 5.94. The highest BCUT2D eigenvalue weighted by Gasteiger charge is 2.18. The van der Waals surface area contributed by atoms with Crippen molar-refractivity contribution in [2.75, 3.05) is 24.6 Å². The zero-order valence-corrected chi connectivity index (χ0v) is 19.8. The average Bonchev–Trinajstić information content (AvgIpc) is 2.88. The van der Waals surface area contributed by atoms with Crippen LogP contribution in [0.25, 0.3) is 11.3 Å². The second kappa shape index (κ2) is 11.4. The Morgan fingerprint density at radius 2 is 1.85 bits per heavy atom. The van der Waals surface area contributed by atoms with Crippen LogP contribution in [0.1, 0.15) is 49.2 Å². The first-order valence-electron chi connectivity index (χ1n) is 11.8. The number of amides is 1. The summed E-state index contributed by atoms with van der Waals surface area (Å²) in [5.74, 6) is 1.44.